The van der Waals surface area contributed by atoms with Crippen LogP contribution in [0.5, 0.6) is 0 Å². The van der Waals surface area contributed by atoms with Crippen LogP contribution >= 0.6 is 23.4 Å². The maximum absolute atomic E-state index is 8.79. The number of nitrogens with two attached hydrogens (primary N) is 1. The van der Waals surface area contributed by atoms with Crippen molar-refractivity contribution in [3.05, 3.63) is 28.8 Å². The van der Waals surface area contributed by atoms with Gasteiger partial charge in [-0.25, -0.2) is 0 Å². The van der Waals surface area contributed by atoms with Crippen LogP contribution in [0, 0.1) is 5.92 Å². The Labute approximate surface area is 116 Å². The molecule has 0 atom stereocenters. The van der Waals surface area contributed by atoms with E-state index in [1.807, 2.05) is 12.1 Å². The van der Waals surface area contributed by atoms with Crippen molar-refractivity contribution in [1.82, 2.24) is 0 Å². The Morgan fingerprint density at radius 1 is 1.44 bits per heavy atom. The molecule has 18 heavy (non-hydrogen) atoms. The van der Waals surface area contributed by atoms with Gasteiger partial charge in [0.25, 0.3) is 0 Å². The highest BCUT2D eigenvalue weighted by Gasteiger charge is 2.16. The molecule has 5 heteroatoms. The monoisotopic (exact) mass is 284 g/mol. The second-order valence-corrected chi connectivity index (χ2v) is 6.09. The number of amidine groups is 1. The van der Waals surface area contributed by atoms with Crippen molar-refractivity contribution >= 4 is 29.2 Å². The van der Waals surface area contributed by atoms with Gasteiger partial charge in [0.1, 0.15) is 0 Å². The molecule has 0 aromatic heterocycles. The molecule has 1 fully saturated rings. The third-order valence-electron chi connectivity index (χ3n) is 3.27. The first-order valence-corrected chi connectivity index (χ1v) is 7.47. The highest BCUT2D eigenvalue weighted by Crippen LogP contribution is 2.33. The van der Waals surface area contributed by atoms with Gasteiger partial charge in [0, 0.05) is 21.2 Å². The lowest BCUT2D eigenvalue weighted by Gasteiger charge is -2.11. The fourth-order valence-electron chi connectivity index (χ4n) is 2.27. The van der Waals surface area contributed by atoms with E-state index in [0.717, 1.165) is 16.6 Å². The molecule has 0 amide bonds. The molecule has 0 bridgehead atoms. The van der Waals surface area contributed by atoms with Crippen LogP contribution in [0.25, 0.3) is 0 Å². The zero-order chi connectivity index (χ0) is 13.0. The summed E-state index contributed by atoms with van der Waals surface area (Å²) in [7, 11) is 0. The van der Waals surface area contributed by atoms with E-state index >= 15 is 0 Å². The smallest absolute Gasteiger partial charge is 0.171 e. The minimum absolute atomic E-state index is 0.117. The second-order valence-electron chi connectivity index (χ2n) is 4.59. The van der Waals surface area contributed by atoms with Gasteiger partial charge in [0.05, 0.1) is 0 Å². The molecule has 0 radical (unpaired) electrons. The summed E-state index contributed by atoms with van der Waals surface area (Å²) in [6.07, 6.45) is 5.33. The van der Waals surface area contributed by atoms with Gasteiger partial charge < -0.3 is 10.9 Å². The number of benzene rings is 1. The number of halogens is 1. The summed E-state index contributed by atoms with van der Waals surface area (Å²) in [4.78, 5) is 1.03. The Morgan fingerprint density at radius 3 is 2.83 bits per heavy atom. The van der Waals surface area contributed by atoms with E-state index in [1.165, 1.54) is 25.7 Å². The van der Waals surface area contributed by atoms with Crippen LogP contribution in [0.3, 0.4) is 0 Å². The molecule has 1 aliphatic carbocycles. The summed E-state index contributed by atoms with van der Waals surface area (Å²) in [5.41, 5.74) is 6.39. The molecule has 1 saturated carbocycles. The summed E-state index contributed by atoms with van der Waals surface area (Å²) in [5, 5.41) is 12.5. The van der Waals surface area contributed by atoms with Crippen LogP contribution in [0.2, 0.25) is 5.02 Å². The Balaban J connectivity index is 2.10. The van der Waals surface area contributed by atoms with Crippen molar-refractivity contribution in [2.45, 2.75) is 30.6 Å². The van der Waals surface area contributed by atoms with E-state index in [4.69, 9.17) is 22.5 Å². The largest absolute Gasteiger partial charge is 0.409 e. The van der Waals surface area contributed by atoms with Crippen LogP contribution in [-0.2, 0) is 0 Å². The molecule has 1 aromatic carbocycles. The Morgan fingerprint density at radius 2 is 2.17 bits per heavy atom. The summed E-state index contributed by atoms with van der Waals surface area (Å²) in [6, 6.07) is 5.52. The highest BCUT2D eigenvalue weighted by atomic mass is 35.5. The summed E-state index contributed by atoms with van der Waals surface area (Å²) in [5.74, 6) is 2.00. The lowest BCUT2D eigenvalue weighted by molar-refractivity contribution is 0.318. The second kappa shape index (κ2) is 6.34. The van der Waals surface area contributed by atoms with Gasteiger partial charge in [0.15, 0.2) is 5.84 Å². The van der Waals surface area contributed by atoms with E-state index in [-0.39, 0.29) is 5.84 Å². The number of hydrogen-bond acceptors (Lipinski definition) is 3. The first kappa shape index (κ1) is 13.6. The van der Waals surface area contributed by atoms with Crippen molar-refractivity contribution < 1.29 is 5.21 Å². The zero-order valence-electron chi connectivity index (χ0n) is 10.1. The van der Waals surface area contributed by atoms with Crippen LogP contribution in [0.4, 0.5) is 0 Å². The average Bonchev–Trinajstić information content (AvgIpc) is 2.89. The summed E-state index contributed by atoms with van der Waals surface area (Å²) < 4.78 is 0. The fraction of sp³-hybridized carbons (Fsp3) is 0.462. The van der Waals surface area contributed by atoms with Gasteiger partial charge in [-0.1, -0.05) is 29.6 Å². The minimum Gasteiger partial charge on any atom is -0.409 e. The molecule has 2 rings (SSSR count). The lowest BCUT2D eigenvalue weighted by atomic mass is 10.1. The molecule has 98 valence electrons. The molecule has 0 saturated heterocycles. The number of thioether (sulfide) groups is 1. The third kappa shape index (κ3) is 3.33. The summed E-state index contributed by atoms with van der Waals surface area (Å²) in [6.45, 7) is 0. The third-order valence-corrected chi connectivity index (χ3v) is 4.81. The van der Waals surface area contributed by atoms with Crippen molar-refractivity contribution in [2.75, 3.05) is 5.75 Å². The van der Waals surface area contributed by atoms with E-state index in [1.54, 1.807) is 17.8 Å². The Hall–Kier alpha value is -0.870. The first-order valence-electron chi connectivity index (χ1n) is 6.11. The number of rotatable bonds is 4. The first-order chi connectivity index (χ1) is 8.70. The molecule has 3 nitrogen and oxygen atoms in total. The molecule has 0 heterocycles. The van der Waals surface area contributed by atoms with Gasteiger partial charge in [0.2, 0.25) is 0 Å². The maximum Gasteiger partial charge on any atom is 0.171 e. The quantitative estimate of drug-likeness (QED) is 0.291. The molecule has 1 aromatic rings. The molecule has 3 N–H and O–H groups in total. The Bertz CT molecular complexity index is 445. The number of nitrogens with zero attached hydrogens (tertiary/aromatic N) is 1. The van der Waals surface area contributed by atoms with Crippen LogP contribution in [0.15, 0.2) is 28.3 Å². The Kier molecular flexibility index (Phi) is 4.78. The molecule has 0 aliphatic heterocycles. The zero-order valence-corrected chi connectivity index (χ0v) is 11.7. The highest BCUT2D eigenvalue weighted by molar-refractivity contribution is 7.99. The van der Waals surface area contributed by atoms with Gasteiger partial charge in [-0.15, -0.1) is 11.8 Å². The van der Waals surface area contributed by atoms with Gasteiger partial charge in [-0.3, -0.25) is 0 Å². The van der Waals surface area contributed by atoms with Crippen LogP contribution in [-0.4, -0.2) is 16.8 Å². The number of oxime groups is 1. The predicted molar refractivity (Wildman–Crippen MR) is 76.6 cm³/mol. The molecule has 0 spiro atoms. The predicted octanol–water partition coefficient (Wildman–Crippen LogP) is 3.72. The lowest BCUT2D eigenvalue weighted by Crippen LogP contribution is -2.14. The SMILES string of the molecule is NC(=NO)c1cc(Cl)ccc1SCC1CCCC1. The van der Waals surface area contributed by atoms with Crippen molar-refractivity contribution in [2.24, 2.45) is 16.8 Å². The van der Waals surface area contributed by atoms with Gasteiger partial charge in [-0.05, 0) is 37.0 Å². The minimum atomic E-state index is 0.117. The van der Waals surface area contributed by atoms with Crippen molar-refractivity contribution in [3.63, 3.8) is 0 Å². The van der Waals surface area contributed by atoms with Crippen molar-refractivity contribution in [1.29, 1.82) is 0 Å². The van der Waals surface area contributed by atoms with Crippen LogP contribution in [0.1, 0.15) is 31.2 Å². The molecule has 0 unspecified atom stereocenters. The number of hydrogen-bond donors (Lipinski definition) is 2. The fourth-order valence-corrected chi connectivity index (χ4v) is 3.67. The van der Waals surface area contributed by atoms with E-state index in [9.17, 15) is 0 Å². The molecular weight excluding hydrogens is 268 g/mol. The van der Waals surface area contributed by atoms with E-state index < -0.39 is 0 Å². The molecular formula is C13H17ClN2OS. The van der Waals surface area contributed by atoms with Crippen LogP contribution < -0.4 is 5.73 Å². The van der Waals surface area contributed by atoms with E-state index in [2.05, 4.69) is 5.16 Å². The molecule has 1 aliphatic rings. The van der Waals surface area contributed by atoms with Crippen molar-refractivity contribution in [3.8, 4) is 0 Å². The standard InChI is InChI=1S/C13H17ClN2OS/c14-10-5-6-12(11(7-10)13(15)16-17)18-8-9-3-1-2-4-9/h5-7,9,17H,1-4,8H2,(H2,15,16). The van der Waals surface area contributed by atoms with Gasteiger partial charge in [-0.2, -0.15) is 0 Å². The average molecular weight is 285 g/mol. The van der Waals surface area contributed by atoms with Gasteiger partial charge >= 0.3 is 0 Å². The van der Waals surface area contributed by atoms with E-state index in [0.29, 0.717) is 10.6 Å². The summed E-state index contributed by atoms with van der Waals surface area (Å²) >= 11 is 7.71. The normalized spacial score (nSPS) is 17.3. The maximum atomic E-state index is 8.79. The topological polar surface area (TPSA) is 58.6 Å².